The highest BCUT2D eigenvalue weighted by molar-refractivity contribution is 4.86. The zero-order valence-electron chi connectivity index (χ0n) is 14.7. The van der Waals surface area contributed by atoms with Gasteiger partial charge in [-0.2, -0.15) is 0 Å². The molecule has 0 aromatic heterocycles. The highest BCUT2D eigenvalue weighted by atomic mass is 14.0. The maximum absolute atomic E-state index is 3.96. The standard InChI is InChI=1S/C20H40/c1-5-20(4)18-16-14-12-10-8-6-7-9-11-13-15-17-19(2)3/h20H,2,5-18H2,1,3-4H3. The van der Waals surface area contributed by atoms with Crippen molar-refractivity contribution in [1.29, 1.82) is 0 Å². The zero-order chi connectivity index (χ0) is 15.1. The van der Waals surface area contributed by atoms with Gasteiger partial charge in [-0.15, -0.1) is 6.58 Å². The van der Waals surface area contributed by atoms with E-state index in [0.717, 1.165) is 5.92 Å². The van der Waals surface area contributed by atoms with Gasteiger partial charge in [0.1, 0.15) is 0 Å². The maximum Gasteiger partial charge on any atom is -0.0326 e. The Labute approximate surface area is 129 Å². The first-order valence-corrected chi connectivity index (χ1v) is 9.31. The van der Waals surface area contributed by atoms with Crippen molar-refractivity contribution >= 4 is 0 Å². The second kappa shape index (κ2) is 15.1. The predicted octanol–water partition coefficient (Wildman–Crippen LogP) is 7.68. The Hall–Kier alpha value is -0.260. The first-order valence-electron chi connectivity index (χ1n) is 9.31. The fourth-order valence-corrected chi connectivity index (χ4v) is 2.71. The van der Waals surface area contributed by atoms with Crippen LogP contribution in [0.3, 0.4) is 0 Å². The molecule has 0 fully saturated rings. The predicted molar refractivity (Wildman–Crippen MR) is 94.3 cm³/mol. The third kappa shape index (κ3) is 15.8. The summed E-state index contributed by atoms with van der Waals surface area (Å²) in [6.07, 6.45) is 19.9. The molecule has 0 aliphatic rings. The molecule has 1 atom stereocenters. The Morgan fingerprint density at radius 3 is 1.55 bits per heavy atom. The van der Waals surface area contributed by atoms with E-state index in [0.29, 0.717) is 0 Å². The molecule has 0 N–H and O–H groups in total. The summed E-state index contributed by atoms with van der Waals surface area (Å²) in [6, 6.07) is 0. The Balaban J connectivity index is 3.01. The molecule has 0 rings (SSSR count). The molecule has 0 bridgehead atoms. The van der Waals surface area contributed by atoms with Gasteiger partial charge in [-0.3, -0.25) is 0 Å². The van der Waals surface area contributed by atoms with Crippen molar-refractivity contribution in [3.8, 4) is 0 Å². The molecule has 0 heterocycles. The molecule has 0 amide bonds. The van der Waals surface area contributed by atoms with Gasteiger partial charge in [0.05, 0.1) is 0 Å². The van der Waals surface area contributed by atoms with Crippen molar-refractivity contribution in [2.75, 3.05) is 0 Å². The Kier molecular flexibility index (Phi) is 14.9. The van der Waals surface area contributed by atoms with Gasteiger partial charge in [-0.25, -0.2) is 0 Å². The van der Waals surface area contributed by atoms with Crippen molar-refractivity contribution in [1.82, 2.24) is 0 Å². The van der Waals surface area contributed by atoms with Gasteiger partial charge in [0.15, 0.2) is 0 Å². The Morgan fingerprint density at radius 1 is 0.750 bits per heavy atom. The largest absolute Gasteiger partial charge is 0.100 e. The average molecular weight is 281 g/mol. The number of allylic oxidation sites excluding steroid dienone is 1. The zero-order valence-corrected chi connectivity index (χ0v) is 14.7. The van der Waals surface area contributed by atoms with Gasteiger partial charge >= 0.3 is 0 Å². The molecule has 0 nitrogen and oxygen atoms in total. The van der Waals surface area contributed by atoms with Crippen molar-refractivity contribution in [3.63, 3.8) is 0 Å². The smallest absolute Gasteiger partial charge is 0.0326 e. The first-order chi connectivity index (χ1) is 9.66. The normalized spacial score (nSPS) is 12.6. The molecule has 0 radical (unpaired) electrons. The van der Waals surface area contributed by atoms with Crippen LogP contribution in [0.4, 0.5) is 0 Å². The van der Waals surface area contributed by atoms with Crippen LogP contribution in [0.15, 0.2) is 12.2 Å². The van der Waals surface area contributed by atoms with Crippen molar-refractivity contribution in [2.24, 2.45) is 5.92 Å². The monoisotopic (exact) mass is 280 g/mol. The summed E-state index contributed by atoms with van der Waals surface area (Å²) in [6.45, 7) is 10.8. The number of hydrogen-bond donors (Lipinski definition) is 0. The van der Waals surface area contributed by atoms with Gasteiger partial charge in [0.25, 0.3) is 0 Å². The Morgan fingerprint density at radius 2 is 1.15 bits per heavy atom. The molecule has 0 aromatic carbocycles. The van der Waals surface area contributed by atoms with Crippen LogP contribution in [0.5, 0.6) is 0 Å². The summed E-state index contributed by atoms with van der Waals surface area (Å²) in [5, 5.41) is 0. The lowest BCUT2D eigenvalue weighted by Gasteiger charge is -2.07. The van der Waals surface area contributed by atoms with E-state index in [1.165, 1.54) is 95.5 Å². The quantitative estimate of drug-likeness (QED) is 0.213. The molecule has 0 saturated heterocycles. The molecular weight excluding hydrogens is 240 g/mol. The van der Waals surface area contributed by atoms with Crippen LogP contribution in [0, 0.1) is 5.92 Å². The molecule has 120 valence electrons. The lowest BCUT2D eigenvalue weighted by atomic mass is 9.99. The van der Waals surface area contributed by atoms with Crippen LogP contribution >= 0.6 is 0 Å². The maximum atomic E-state index is 3.96. The van der Waals surface area contributed by atoms with Gasteiger partial charge < -0.3 is 0 Å². The highest BCUT2D eigenvalue weighted by Gasteiger charge is 1.98. The van der Waals surface area contributed by atoms with E-state index in [4.69, 9.17) is 0 Å². The van der Waals surface area contributed by atoms with E-state index in [1.54, 1.807) is 0 Å². The van der Waals surface area contributed by atoms with E-state index < -0.39 is 0 Å². The minimum Gasteiger partial charge on any atom is -0.100 e. The molecule has 0 aliphatic carbocycles. The van der Waals surface area contributed by atoms with Crippen LogP contribution in [-0.2, 0) is 0 Å². The molecule has 20 heavy (non-hydrogen) atoms. The van der Waals surface area contributed by atoms with E-state index in [9.17, 15) is 0 Å². The van der Waals surface area contributed by atoms with Crippen LogP contribution in [0.25, 0.3) is 0 Å². The molecule has 0 heteroatoms. The lowest BCUT2D eigenvalue weighted by molar-refractivity contribution is 0.468. The van der Waals surface area contributed by atoms with Crippen molar-refractivity contribution < 1.29 is 0 Å². The summed E-state index contributed by atoms with van der Waals surface area (Å²) in [7, 11) is 0. The molecule has 0 saturated carbocycles. The van der Waals surface area contributed by atoms with Gasteiger partial charge in [-0.1, -0.05) is 96.5 Å². The third-order valence-corrected chi connectivity index (χ3v) is 4.50. The molecule has 0 aromatic rings. The molecular formula is C20H40. The summed E-state index contributed by atoms with van der Waals surface area (Å²) in [5.74, 6) is 0.944. The first kappa shape index (κ1) is 19.7. The van der Waals surface area contributed by atoms with Crippen LogP contribution in [-0.4, -0.2) is 0 Å². The minimum atomic E-state index is 0.944. The number of unbranched alkanes of at least 4 members (excludes halogenated alkanes) is 10. The summed E-state index contributed by atoms with van der Waals surface area (Å²) in [5.41, 5.74) is 1.35. The van der Waals surface area contributed by atoms with Gasteiger partial charge in [0, 0.05) is 0 Å². The van der Waals surface area contributed by atoms with E-state index >= 15 is 0 Å². The van der Waals surface area contributed by atoms with Crippen LogP contribution < -0.4 is 0 Å². The Bertz CT molecular complexity index is 204. The van der Waals surface area contributed by atoms with E-state index in [1.807, 2.05) is 0 Å². The summed E-state index contributed by atoms with van der Waals surface area (Å²) >= 11 is 0. The number of rotatable bonds is 15. The minimum absolute atomic E-state index is 0.944. The lowest BCUT2D eigenvalue weighted by Crippen LogP contribution is -1.91. The van der Waals surface area contributed by atoms with Crippen LogP contribution in [0.1, 0.15) is 111 Å². The van der Waals surface area contributed by atoms with Crippen LogP contribution in [0.2, 0.25) is 0 Å². The average Bonchev–Trinajstić information content (AvgIpc) is 2.43. The highest BCUT2D eigenvalue weighted by Crippen LogP contribution is 2.15. The fraction of sp³-hybridized carbons (Fsp3) is 0.900. The second-order valence-corrected chi connectivity index (χ2v) is 6.90. The topological polar surface area (TPSA) is 0 Å². The SMILES string of the molecule is C=C(C)CCCCCCCCCCCCCC(C)CC. The molecule has 0 spiro atoms. The third-order valence-electron chi connectivity index (χ3n) is 4.50. The van der Waals surface area contributed by atoms with E-state index in [2.05, 4.69) is 27.4 Å². The van der Waals surface area contributed by atoms with Gasteiger partial charge in [-0.05, 0) is 25.7 Å². The molecule has 1 unspecified atom stereocenters. The fourth-order valence-electron chi connectivity index (χ4n) is 2.71. The summed E-state index contributed by atoms with van der Waals surface area (Å²) in [4.78, 5) is 0. The molecule has 0 aliphatic heterocycles. The van der Waals surface area contributed by atoms with Crippen molar-refractivity contribution in [3.05, 3.63) is 12.2 Å². The van der Waals surface area contributed by atoms with Gasteiger partial charge in [0.2, 0.25) is 0 Å². The summed E-state index contributed by atoms with van der Waals surface area (Å²) < 4.78 is 0. The van der Waals surface area contributed by atoms with Crippen molar-refractivity contribution in [2.45, 2.75) is 111 Å². The second-order valence-electron chi connectivity index (χ2n) is 6.90. The van der Waals surface area contributed by atoms with E-state index in [-0.39, 0.29) is 0 Å². The number of hydrogen-bond acceptors (Lipinski definition) is 0.